The number of hydrogen-bond acceptors (Lipinski definition) is 7. The fourth-order valence-corrected chi connectivity index (χ4v) is 2.53. The molecule has 3 aromatic rings. The Bertz CT molecular complexity index is 1160. The van der Waals surface area contributed by atoms with Crippen LogP contribution in [0.2, 0.25) is 0 Å². The van der Waals surface area contributed by atoms with Gasteiger partial charge in [-0.15, -0.1) is 0 Å². The van der Waals surface area contributed by atoms with Gasteiger partial charge in [0.25, 0.3) is 5.71 Å². The maximum absolute atomic E-state index is 14.0. The van der Waals surface area contributed by atoms with E-state index in [-0.39, 0.29) is 39.2 Å². The lowest BCUT2D eigenvalue weighted by molar-refractivity contribution is 0.0697. The van der Waals surface area contributed by atoms with Crippen molar-refractivity contribution in [3.63, 3.8) is 0 Å². The zero-order valence-corrected chi connectivity index (χ0v) is 15.3. The third-order valence-electron chi connectivity index (χ3n) is 3.65. The molecule has 142 valence electrons. The number of rotatable bonds is 6. The van der Waals surface area contributed by atoms with Crippen LogP contribution in [0.1, 0.15) is 21.9 Å². The average molecular weight is 402 g/mol. The predicted octanol–water partition coefficient (Wildman–Crippen LogP) is 4.38. The minimum atomic E-state index is -1.18. The Balaban J connectivity index is 2.22. The first-order valence-electron chi connectivity index (χ1n) is 7.77. The molecule has 28 heavy (non-hydrogen) atoms. The molecule has 0 saturated carbocycles. The van der Waals surface area contributed by atoms with Gasteiger partial charge >= 0.3 is 5.97 Å². The summed E-state index contributed by atoms with van der Waals surface area (Å²) < 4.78 is 19.1. The normalized spacial score (nSPS) is 11.5. The molecule has 0 unspecified atom stereocenters. The van der Waals surface area contributed by atoms with Crippen LogP contribution in [-0.2, 0) is 0 Å². The molecule has 0 aromatic carbocycles. The number of aryl methyl sites for hydroxylation is 1. The van der Waals surface area contributed by atoms with Gasteiger partial charge in [0.05, 0.1) is 17.0 Å². The number of aromatic nitrogens is 4. The van der Waals surface area contributed by atoms with Gasteiger partial charge in [-0.05, 0) is 19.1 Å². The number of hydrogen-bond donors (Lipinski definition) is 2. The highest BCUT2D eigenvalue weighted by Gasteiger charge is 2.20. The molecule has 0 fully saturated rings. The fourth-order valence-electron chi connectivity index (χ4n) is 2.42. The number of aromatic carboxylic acids is 1. The van der Waals surface area contributed by atoms with Gasteiger partial charge in [0, 0.05) is 17.4 Å². The van der Waals surface area contributed by atoms with Crippen molar-refractivity contribution in [3.05, 3.63) is 65.6 Å². The van der Waals surface area contributed by atoms with Crippen LogP contribution in [0.4, 0.5) is 15.9 Å². The van der Waals surface area contributed by atoms with E-state index < -0.39 is 11.8 Å². The largest absolute Gasteiger partial charge is 0.478 e. The Kier molecular flexibility index (Phi) is 5.18. The number of carboxylic acid groups (broad SMARTS) is 1. The second-order valence-electron chi connectivity index (χ2n) is 5.61. The molecule has 3 aromatic heterocycles. The van der Waals surface area contributed by atoms with E-state index in [4.69, 9.17) is 16.1 Å². The summed E-state index contributed by atoms with van der Waals surface area (Å²) in [6, 6.07) is 1.46. The van der Waals surface area contributed by atoms with Gasteiger partial charge < -0.3 is 14.9 Å². The standard InChI is InChI=1S/C18H13ClFN5O3/c1-8(19)6-11(9(2)20)15-23-16(14-10(3)25-28-17(14)24-15)22-13-4-5-21-7-12(13)18(26)27/h4-7H,1-2H2,3H3,(H,26,27)(H,21,22,23,24)/b11-6+. The summed E-state index contributed by atoms with van der Waals surface area (Å²) in [5.74, 6) is -1.94. The minimum Gasteiger partial charge on any atom is -0.478 e. The van der Waals surface area contributed by atoms with Crippen LogP contribution in [0.15, 0.2) is 53.1 Å². The zero-order chi connectivity index (χ0) is 20.4. The summed E-state index contributed by atoms with van der Waals surface area (Å²) in [5, 5.41) is 16.5. The van der Waals surface area contributed by atoms with Gasteiger partial charge in [0.2, 0.25) is 0 Å². The average Bonchev–Trinajstić information content (AvgIpc) is 3.00. The van der Waals surface area contributed by atoms with Crippen molar-refractivity contribution < 1.29 is 18.8 Å². The smallest absolute Gasteiger partial charge is 0.339 e. The zero-order valence-electron chi connectivity index (χ0n) is 14.5. The number of nitrogens with zero attached hydrogens (tertiary/aromatic N) is 4. The van der Waals surface area contributed by atoms with E-state index in [0.29, 0.717) is 11.1 Å². The molecular formula is C18H13ClFN5O3. The Hall–Kier alpha value is -3.59. The quantitative estimate of drug-likeness (QED) is 0.585. The molecule has 10 heteroatoms. The fraction of sp³-hybridized carbons (Fsp3) is 0.0556. The minimum absolute atomic E-state index is 0.0445. The van der Waals surface area contributed by atoms with Crippen LogP contribution in [0, 0.1) is 6.92 Å². The lowest BCUT2D eigenvalue weighted by Gasteiger charge is -2.11. The number of fused-ring (bicyclic) bond motifs is 1. The van der Waals surface area contributed by atoms with Crippen molar-refractivity contribution in [2.75, 3.05) is 5.32 Å². The molecule has 0 atom stereocenters. The highest BCUT2D eigenvalue weighted by molar-refractivity contribution is 6.31. The maximum Gasteiger partial charge on any atom is 0.339 e. The van der Waals surface area contributed by atoms with Crippen LogP contribution in [0.5, 0.6) is 0 Å². The van der Waals surface area contributed by atoms with Crippen LogP contribution in [-0.4, -0.2) is 31.2 Å². The first kappa shape index (κ1) is 19.2. The molecular weight excluding hydrogens is 389 g/mol. The van der Waals surface area contributed by atoms with E-state index in [1.165, 1.54) is 24.5 Å². The van der Waals surface area contributed by atoms with Crippen molar-refractivity contribution in [3.8, 4) is 0 Å². The number of anilines is 2. The van der Waals surface area contributed by atoms with Crippen LogP contribution >= 0.6 is 11.6 Å². The molecule has 0 amide bonds. The second kappa shape index (κ2) is 7.57. The van der Waals surface area contributed by atoms with Crippen LogP contribution in [0.25, 0.3) is 16.7 Å². The summed E-state index contributed by atoms with van der Waals surface area (Å²) in [7, 11) is 0. The summed E-state index contributed by atoms with van der Waals surface area (Å²) >= 11 is 5.76. The summed E-state index contributed by atoms with van der Waals surface area (Å²) in [4.78, 5) is 23.7. The summed E-state index contributed by atoms with van der Waals surface area (Å²) in [5.41, 5.74) is 0.571. The predicted molar refractivity (Wildman–Crippen MR) is 102 cm³/mol. The van der Waals surface area contributed by atoms with Gasteiger partial charge in [0.1, 0.15) is 22.6 Å². The molecule has 0 saturated heterocycles. The molecule has 0 spiro atoms. The van der Waals surface area contributed by atoms with E-state index >= 15 is 0 Å². The van der Waals surface area contributed by atoms with E-state index in [2.05, 4.69) is 38.6 Å². The van der Waals surface area contributed by atoms with Gasteiger partial charge in [-0.25, -0.2) is 14.2 Å². The Morgan fingerprint density at radius 2 is 2.14 bits per heavy atom. The molecule has 8 nitrogen and oxygen atoms in total. The van der Waals surface area contributed by atoms with Gasteiger partial charge in [0.15, 0.2) is 5.82 Å². The number of halogens is 2. The van der Waals surface area contributed by atoms with Crippen LogP contribution < -0.4 is 5.32 Å². The number of carbonyl (C=O) groups is 1. The van der Waals surface area contributed by atoms with Crippen molar-refractivity contribution >= 4 is 45.7 Å². The number of carboxylic acids is 1. The third kappa shape index (κ3) is 3.74. The van der Waals surface area contributed by atoms with Crippen LogP contribution in [0.3, 0.4) is 0 Å². The number of nitrogens with one attached hydrogen (secondary N) is 1. The molecule has 3 heterocycles. The van der Waals surface area contributed by atoms with Crippen molar-refractivity contribution in [1.82, 2.24) is 20.1 Å². The topological polar surface area (TPSA) is 114 Å². The second-order valence-corrected chi connectivity index (χ2v) is 6.09. The summed E-state index contributed by atoms with van der Waals surface area (Å²) in [6.45, 7) is 8.41. The maximum atomic E-state index is 14.0. The molecule has 0 aliphatic rings. The molecule has 0 aliphatic carbocycles. The number of pyridine rings is 1. The van der Waals surface area contributed by atoms with Crippen molar-refractivity contribution in [1.29, 1.82) is 0 Å². The van der Waals surface area contributed by atoms with E-state index in [1.54, 1.807) is 6.92 Å². The highest BCUT2D eigenvalue weighted by atomic mass is 35.5. The Morgan fingerprint density at radius 1 is 1.39 bits per heavy atom. The Labute approximate surface area is 163 Å². The van der Waals surface area contributed by atoms with E-state index in [1.807, 2.05) is 0 Å². The van der Waals surface area contributed by atoms with Gasteiger partial charge in [-0.1, -0.05) is 29.9 Å². The van der Waals surface area contributed by atoms with Gasteiger partial charge in [-0.2, -0.15) is 4.98 Å². The molecule has 3 rings (SSSR count). The van der Waals surface area contributed by atoms with E-state index in [9.17, 15) is 14.3 Å². The first-order valence-corrected chi connectivity index (χ1v) is 8.15. The number of allylic oxidation sites excluding steroid dienone is 4. The van der Waals surface area contributed by atoms with Crippen molar-refractivity contribution in [2.24, 2.45) is 0 Å². The molecule has 0 aliphatic heterocycles. The lowest BCUT2D eigenvalue weighted by atomic mass is 10.2. The molecule has 0 bridgehead atoms. The monoisotopic (exact) mass is 401 g/mol. The molecule has 0 radical (unpaired) electrons. The first-order chi connectivity index (χ1) is 13.3. The SMILES string of the molecule is C=C(Cl)/C=C(\C(=C)F)c1nc(Nc2ccncc2C(=O)O)c2c(C)noc2n1. The molecule has 2 N–H and O–H groups in total. The van der Waals surface area contributed by atoms with Crippen molar-refractivity contribution in [2.45, 2.75) is 6.92 Å². The highest BCUT2D eigenvalue weighted by Crippen LogP contribution is 2.31. The lowest BCUT2D eigenvalue weighted by Crippen LogP contribution is -2.06. The van der Waals surface area contributed by atoms with E-state index in [0.717, 1.165) is 0 Å². The third-order valence-corrected chi connectivity index (χ3v) is 3.75. The summed E-state index contributed by atoms with van der Waals surface area (Å²) in [6.07, 6.45) is 3.82. The van der Waals surface area contributed by atoms with Gasteiger partial charge in [-0.3, -0.25) is 4.98 Å². The Morgan fingerprint density at radius 3 is 2.79 bits per heavy atom.